The fourth-order valence-corrected chi connectivity index (χ4v) is 1.77. The van der Waals surface area contributed by atoms with Gasteiger partial charge in [-0.05, 0) is 36.4 Å². The number of hydrogen-bond acceptors (Lipinski definition) is 4. The maximum absolute atomic E-state index is 11.7. The van der Waals surface area contributed by atoms with Crippen LogP contribution in [-0.2, 0) is 0 Å². The van der Waals surface area contributed by atoms with Crippen LogP contribution in [0.5, 0.6) is 17.2 Å². The van der Waals surface area contributed by atoms with E-state index in [1.54, 1.807) is 50.6 Å². The number of carbonyl (C=O) groups excluding carboxylic acids is 1. The molecule has 0 fully saturated rings. The summed E-state index contributed by atoms with van der Waals surface area (Å²) >= 11 is 0. The Balaban J connectivity index is 1.80. The predicted molar refractivity (Wildman–Crippen MR) is 83.6 cm³/mol. The highest BCUT2D eigenvalue weighted by Gasteiger charge is 2.04. The van der Waals surface area contributed by atoms with Gasteiger partial charge in [0.1, 0.15) is 5.75 Å². The molecule has 0 bridgehead atoms. The molecule has 0 saturated heterocycles. The van der Waals surface area contributed by atoms with E-state index in [0.717, 1.165) is 5.75 Å². The molecule has 0 aromatic heterocycles. The van der Waals surface area contributed by atoms with Crippen molar-refractivity contribution in [2.24, 2.45) is 0 Å². The van der Waals surface area contributed by atoms with Gasteiger partial charge in [-0.25, -0.2) is 4.79 Å². The van der Waals surface area contributed by atoms with Crippen LogP contribution in [0, 0.1) is 0 Å². The van der Waals surface area contributed by atoms with Gasteiger partial charge >= 0.3 is 6.03 Å². The summed E-state index contributed by atoms with van der Waals surface area (Å²) in [6.07, 6.45) is 0. The number of benzene rings is 2. The van der Waals surface area contributed by atoms with Crippen molar-refractivity contribution in [3.8, 4) is 17.2 Å². The van der Waals surface area contributed by atoms with Gasteiger partial charge in [0.2, 0.25) is 0 Å². The first-order chi connectivity index (χ1) is 10.7. The largest absolute Gasteiger partial charge is 0.497 e. The molecule has 2 aromatic rings. The van der Waals surface area contributed by atoms with Gasteiger partial charge in [-0.15, -0.1) is 0 Å². The number of methoxy groups -OCH3 is 2. The van der Waals surface area contributed by atoms with Crippen molar-refractivity contribution in [1.29, 1.82) is 0 Å². The third-order valence-corrected chi connectivity index (χ3v) is 2.88. The Morgan fingerprint density at radius 3 is 2.27 bits per heavy atom. The first kappa shape index (κ1) is 15.5. The minimum absolute atomic E-state index is 0.0301. The summed E-state index contributed by atoms with van der Waals surface area (Å²) in [6.45, 7) is 0.0301. The second-order valence-corrected chi connectivity index (χ2v) is 4.30. The molecule has 0 aliphatic carbocycles. The van der Waals surface area contributed by atoms with Gasteiger partial charge in [0, 0.05) is 5.69 Å². The lowest BCUT2D eigenvalue weighted by Crippen LogP contribution is -2.32. The van der Waals surface area contributed by atoms with E-state index in [4.69, 9.17) is 14.2 Å². The predicted octanol–water partition coefficient (Wildman–Crippen LogP) is 2.86. The van der Waals surface area contributed by atoms with E-state index >= 15 is 0 Å². The number of rotatable bonds is 6. The highest BCUT2D eigenvalue weighted by molar-refractivity contribution is 5.89. The molecule has 0 spiro atoms. The molecule has 2 amide bonds. The lowest BCUT2D eigenvalue weighted by molar-refractivity contribution is 0.231. The maximum Gasteiger partial charge on any atom is 0.321 e. The zero-order valence-corrected chi connectivity index (χ0v) is 12.5. The molecule has 0 unspecified atom stereocenters. The van der Waals surface area contributed by atoms with Crippen LogP contribution in [0.4, 0.5) is 10.5 Å². The van der Waals surface area contributed by atoms with E-state index < -0.39 is 0 Å². The van der Waals surface area contributed by atoms with E-state index in [2.05, 4.69) is 10.6 Å². The Labute approximate surface area is 129 Å². The van der Waals surface area contributed by atoms with Gasteiger partial charge in [-0.2, -0.15) is 0 Å². The number of urea groups is 1. The van der Waals surface area contributed by atoms with Gasteiger partial charge in [-0.1, -0.05) is 12.1 Å². The van der Waals surface area contributed by atoms with Gasteiger partial charge in [0.15, 0.2) is 18.2 Å². The number of hydrogen-bond donors (Lipinski definition) is 2. The molecule has 22 heavy (non-hydrogen) atoms. The Kier molecular flexibility index (Phi) is 5.48. The molecule has 0 atom stereocenters. The minimum Gasteiger partial charge on any atom is -0.497 e. The number of ether oxygens (including phenoxy) is 3. The Bertz CT molecular complexity index is 614. The molecule has 2 rings (SSSR count). The summed E-state index contributed by atoms with van der Waals surface area (Å²) in [5, 5.41) is 5.29. The fourth-order valence-electron chi connectivity index (χ4n) is 1.77. The summed E-state index contributed by atoms with van der Waals surface area (Å²) in [4.78, 5) is 11.7. The van der Waals surface area contributed by atoms with Crippen molar-refractivity contribution < 1.29 is 19.0 Å². The van der Waals surface area contributed by atoms with Crippen molar-refractivity contribution in [3.63, 3.8) is 0 Å². The second-order valence-electron chi connectivity index (χ2n) is 4.30. The summed E-state index contributed by atoms with van der Waals surface area (Å²) in [5.41, 5.74) is 0.663. The van der Waals surface area contributed by atoms with Crippen molar-refractivity contribution in [2.45, 2.75) is 0 Å². The first-order valence-corrected chi connectivity index (χ1v) is 6.67. The van der Waals surface area contributed by atoms with Gasteiger partial charge in [0.05, 0.1) is 14.2 Å². The van der Waals surface area contributed by atoms with Crippen molar-refractivity contribution >= 4 is 11.7 Å². The van der Waals surface area contributed by atoms with Crippen molar-refractivity contribution in [1.82, 2.24) is 5.32 Å². The molecule has 6 nitrogen and oxygen atoms in total. The third kappa shape index (κ3) is 4.31. The van der Waals surface area contributed by atoms with E-state index in [1.807, 2.05) is 12.1 Å². The number of anilines is 1. The number of nitrogens with one attached hydrogen (secondary N) is 2. The highest BCUT2D eigenvalue weighted by atomic mass is 16.5. The van der Waals surface area contributed by atoms with E-state index in [9.17, 15) is 4.79 Å². The number of amides is 2. The minimum atomic E-state index is -0.361. The molecule has 0 aliphatic rings. The Morgan fingerprint density at radius 2 is 1.64 bits per heavy atom. The molecule has 0 saturated carbocycles. The average Bonchev–Trinajstić information content (AvgIpc) is 2.56. The molecule has 116 valence electrons. The molecule has 2 N–H and O–H groups in total. The van der Waals surface area contributed by atoms with Crippen LogP contribution in [0.15, 0.2) is 48.5 Å². The van der Waals surface area contributed by atoms with Gasteiger partial charge in [-0.3, -0.25) is 0 Å². The zero-order valence-electron chi connectivity index (χ0n) is 12.5. The van der Waals surface area contributed by atoms with Crippen LogP contribution < -0.4 is 24.8 Å². The topological polar surface area (TPSA) is 68.8 Å². The van der Waals surface area contributed by atoms with Gasteiger partial charge in [0.25, 0.3) is 0 Å². The Morgan fingerprint density at radius 1 is 0.955 bits per heavy atom. The van der Waals surface area contributed by atoms with Crippen LogP contribution in [0.1, 0.15) is 0 Å². The monoisotopic (exact) mass is 302 g/mol. The summed E-state index contributed by atoms with van der Waals surface area (Å²) in [6, 6.07) is 13.9. The normalized spacial score (nSPS) is 9.73. The summed E-state index contributed by atoms with van der Waals surface area (Å²) in [7, 11) is 3.15. The molecule has 0 radical (unpaired) electrons. The van der Waals surface area contributed by atoms with Crippen LogP contribution in [0.3, 0.4) is 0 Å². The molecule has 2 aromatic carbocycles. The van der Waals surface area contributed by atoms with Crippen LogP contribution in [-0.4, -0.2) is 27.0 Å². The smallest absolute Gasteiger partial charge is 0.321 e. The zero-order chi connectivity index (χ0) is 15.8. The highest BCUT2D eigenvalue weighted by Crippen LogP contribution is 2.25. The SMILES string of the molecule is COc1ccc(NC(=O)NCOc2ccccc2OC)cc1. The van der Waals surface area contributed by atoms with Crippen LogP contribution in [0.25, 0.3) is 0 Å². The molecular formula is C16H18N2O4. The number of para-hydroxylation sites is 2. The maximum atomic E-state index is 11.7. The average molecular weight is 302 g/mol. The van der Waals surface area contributed by atoms with Crippen LogP contribution >= 0.6 is 0 Å². The quantitative estimate of drug-likeness (QED) is 0.805. The lowest BCUT2D eigenvalue weighted by atomic mass is 10.3. The van der Waals surface area contributed by atoms with E-state index in [1.165, 1.54) is 0 Å². The summed E-state index contributed by atoms with van der Waals surface area (Å²) < 4.78 is 15.7. The van der Waals surface area contributed by atoms with Crippen molar-refractivity contribution in [2.75, 3.05) is 26.3 Å². The molecule has 0 heterocycles. The summed E-state index contributed by atoms with van der Waals surface area (Å²) in [5.74, 6) is 1.90. The lowest BCUT2D eigenvalue weighted by Gasteiger charge is -2.12. The number of carbonyl (C=O) groups is 1. The van der Waals surface area contributed by atoms with Gasteiger partial charge < -0.3 is 24.8 Å². The van der Waals surface area contributed by atoms with E-state index in [-0.39, 0.29) is 12.8 Å². The standard InChI is InChI=1S/C16H18N2O4/c1-20-13-9-7-12(8-10-13)18-16(19)17-11-22-15-6-4-3-5-14(15)21-2/h3-10H,11H2,1-2H3,(H2,17,18,19). The Hall–Kier alpha value is -2.89. The second kappa shape index (κ2) is 7.78. The molecular weight excluding hydrogens is 284 g/mol. The van der Waals surface area contributed by atoms with Crippen molar-refractivity contribution in [3.05, 3.63) is 48.5 Å². The first-order valence-electron chi connectivity index (χ1n) is 6.67. The van der Waals surface area contributed by atoms with E-state index in [0.29, 0.717) is 17.2 Å². The van der Waals surface area contributed by atoms with Crippen LogP contribution in [0.2, 0.25) is 0 Å². The third-order valence-electron chi connectivity index (χ3n) is 2.88. The molecule has 0 aliphatic heterocycles. The molecule has 6 heteroatoms. The fraction of sp³-hybridized carbons (Fsp3) is 0.188.